The molecule has 174 valence electrons. The molecule has 1 aliphatic heterocycles. The first kappa shape index (κ1) is 22.8. The zero-order chi connectivity index (χ0) is 22.3. The quantitative estimate of drug-likeness (QED) is 0.466. The highest BCUT2D eigenvalue weighted by Gasteiger charge is 2.61. The van der Waals surface area contributed by atoms with E-state index in [0.29, 0.717) is 19.9 Å². The first-order valence-electron chi connectivity index (χ1n) is 11.5. The molecule has 2 aliphatic carbocycles. The van der Waals surface area contributed by atoms with Crippen LogP contribution in [0.3, 0.4) is 0 Å². The molecule has 0 radical (unpaired) electrons. The monoisotopic (exact) mass is 450 g/mol. The molecule has 0 aromatic carbocycles. The fourth-order valence-electron chi connectivity index (χ4n) is 5.35. The number of hydrogen-bond donors (Lipinski definition) is 2. The fourth-order valence-corrected chi connectivity index (χ4v) is 6.11. The zero-order valence-electron chi connectivity index (χ0n) is 19.5. The maximum Gasteiger partial charge on any atom is 0.243 e. The van der Waals surface area contributed by atoms with Gasteiger partial charge in [-0.25, -0.2) is 4.68 Å². The molecule has 0 unspecified atom stereocenters. The number of nitrogens with zero attached hydrogens (tertiary/aromatic N) is 2. The highest BCUT2D eigenvalue weighted by atomic mass is 28.3. The van der Waals surface area contributed by atoms with Gasteiger partial charge in [-0.2, -0.15) is 5.10 Å². The molecule has 3 N–H and O–H groups in total. The summed E-state index contributed by atoms with van der Waals surface area (Å²) in [5.74, 6) is -0.665. The van der Waals surface area contributed by atoms with Crippen LogP contribution in [0.25, 0.3) is 0 Å². The third-order valence-electron chi connectivity index (χ3n) is 7.25. The van der Waals surface area contributed by atoms with Gasteiger partial charge >= 0.3 is 0 Å². The van der Waals surface area contributed by atoms with Crippen molar-refractivity contribution in [3.63, 3.8) is 0 Å². The van der Waals surface area contributed by atoms with Gasteiger partial charge in [0.05, 0.1) is 30.8 Å². The summed E-state index contributed by atoms with van der Waals surface area (Å²) in [6.07, 6.45) is 7.24. The van der Waals surface area contributed by atoms with Crippen LogP contribution < -0.4 is 11.1 Å². The molecule has 1 amide bonds. The highest BCUT2D eigenvalue weighted by Crippen LogP contribution is 2.60. The summed E-state index contributed by atoms with van der Waals surface area (Å²) in [6, 6.07) is 1.13. The van der Waals surface area contributed by atoms with Crippen molar-refractivity contribution in [3.8, 4) is 0 Å². The van der Waals surface area contributed by atoms with E-state index in [1.807, 2.05) is 13.1 Å². The highest BCUT2D eigenvalue weighted by molar-refractivity contribution is 6.76. The minimum atomic E-state index is -1.11. The van der Waals surface area contributed by atoms with Crippen molar-refractivity contribution < 1.29 is 19.0 Å². The van der Waals surface area contributed by atoms with Crippen molar-refractivity contribution >= 4 is 19.7 Å². The fraction of sp³-hybridized carbons (Fsp3) is 0.818. The van der Waals surface area contributed by atoms with Crippen molar-refractivity contribution in [2.24, 2.45) is 11.1 Å². The van der Waals surface area contributed by atoms with E-state index in [2.05, 4.69) is 30.1 Å². The summed E-state index contributed by atoms with van der Waals surface area (Å²) in [4.78, 5) is 12.5. The number of aromatic nitrogens is 2. The summed E-state index contributed by atoms with van der Waals surface area (Å²) in [5, 5.41) is 8.01. The first-order chi connectivity index (χ1) is 14.5. The number of nitrogens with one attached hydrogen (secondary N) is 1. The maximum absolute atomic E-state index is 12.5. The average Bonchev–Trinajstić information content (AvgIpc) is 3.25. The van der Waals surface area contributed by atoms with Gasteiger partial charge in [0, 0.05) is 27.5 Å². The van der Waals surface area contributed by atoms with E-state index in [1.165, 1.54) is 0 Å². The van der Waals surface area contributed by atoms with E-state index in [4.69, 9.17) is 19.9 Å². The number of anilines is 1. The Hall–Kier alpha value is -1.42. The molecule has 4 rings (SSSR count). The van der Waals surface area contributed by atoms with Gasteiger partial charge in [-0.15, -0.1) is 0 Å². The molecule has 0 bridgehead atoms. The van der Waals surface area contributed by atoms with E-state index in [-0.39, 0.29) is 17.1 Å². The topological polar surface area (TPSA) is 101 Å². The van der Waals surface area contributed by atoms with Gasteiger partial charge < -0.3 is 25.3 Å². The number of primary amides is 1. The Morgan fingerprint density at radius 3 is 2.45 bits per heavy atom. The van der Waals surface area contributed by atoms with Gasteiger partial charge in [0.15, 0.2) is 5.79 Å². The second-order valence-corrected chi connectivity index (χ2v) is 16.7. The van der Waals surface area contributed by atoms with Gasteiger partial charge in [-0.3, -0.25) is 4.79 Å². The Morgan fingerprint density at radius 2 is 1.87 bits per heavy atom. The van der Waals surface area contributed by atoms with Crippen molar-refractivity contribution in [3.05, 3.63) is 11.9 Å². The normalized spacial score (nSPS) is 23.7. The molecule has 3 fully saturated rings. The number of amides is 1. The smallest absolute Gasteiger partial charge is 0.243 e. The molecule has 2 spiro atoms. The largest absolute Gasteiger partial charge is 0.368 e. The SMILES string of the molecule is Cc1nn(COCC[Si](C)(C)C)cc1NC1(C(N)=O)CC2(CCC3(CC2)OCCO3)C1. The number of rotatable bonds is 8. The van der Waals surface area contributed by atoms with Gasteiger partial charge in [0.1, 0.15) is 12.3 Å². The van der Waals surface area contributed by atoms with Crippen LogP contribution >= 0.6 is 0 Å². The third kappa shape index (κ3) is 4.84. The molecular weight excluding hydrogens is 412 g/mol. The minimum Gasteiger partial charge on any atom is -0.368 e. The minimum absolute atomic E-state index is 0.145. The van der Waals surface area contributed by atoms with Crippen molar-refractivity contribution in [1.29, 1.82) is 0 Å². The third-order valence-corrected chi connectivity index (χ3v) is 8.96. The lowest BCUT2D eigenvalue weighted by molar-refractivity contribution is -0.203. The van der Waals surface area contributed by atoms with E-state index < -0.39 is 13.6 Å². The molecule has 8 nitrogen and oxygen atoms in total. The van der Waals surface area contributed by atoms with Crippen LogP contribution in [0, 0.1) is 12.3 Å². The lowest BCUT2D eigenvalue weighted by atomic mass is 9.51. The van der Waals surface area contributed by atoms with Gasteiger partial charge in [-0.05, 0) is 44.1 Å². The van der Waals surface area contributed by atoms with E-state index in [1.54, 1.807) is 4.68 Å². The molecule has 3 aliphatic rings. The second kappa shape index (κ2) is 8.17. The number of ether oxygens (including phenoxy) is 3. The molecule has 2 heterocycles. The van der Waals surface area contributed by atoms with E-state index >= 15 is 0 Å². The molecular formula is C22H38N4O4Si. The number of carbonyl (C=O) groups excluding carboxylic acids is 1. The number of hydrogen-bond acceptors (Lipinski definition) is 6. The molecule has 31 heavy (non-hydrogen) atoms. The van der Waals surface area contributed by atoms with Crippen LogP contribution in [0.4, 0.5) is 5.69 Å². The predicted octanol–water partition coefficient (Wildman–Crippen LogP) is 3.24. The number of nitrogens with two attached hydrogens (primary N) is 1. The average molecular weight is 451 g/mol. The van der Waals surface area contributed by atoms with Gasteiger partial charge in [0.2, 0.25) is 5.91 Å². The van der Waals surface area contributed by atoms with Crippen LogP contribution in [0.2, 0.25) is 25.7 Å². The lowest BCUT2D eigenvalue weighted by Crippen LogP contribution is -2.65. The van der Waals surface area contributed by atoms with Gasteiger partial charge in [0.25, 0.3) is 0 Å². The Balaban J connectivity index is 1.34. The summed E-state index contributed by atoms with van der Waals surface area (Å²) in [6.45, 7) is 11.5. The van der Waals surface area contributed by atoms with Crippen molar-refractivity contribution in [1.82, 2.24) is 9.78 Å². The molecule has 9 heteroatoms. The molecule has 1 aromatic heterocycles. The van der Waals surface area contributed by atoms with E-state index in [9.17, 15) is 4.79 Å². The van der Waals surface area contributed by atoms with Crippen molar-refractivity contribution in [2.75, 3.05) is 25.1 Å². The number of carbonyl (C=O) groups is 1. The van der Waals surface area contributed by atoms with Crippen LogP contribution in [0.1, 0.15) is 44.2 Å². The first-order valence-corrected chi connectivity index (χ1v) is 15.2. The summed E-state index contributed by atoms with van der Waals surface area (Å²) < 4.78 is 19.3. The second-order valence-electron chi connectivity index (χ2n) is 11.0. The Kier molecular flexibility index (Phi) is 6.00. The summed E-state index contributed by atoms with van der Waals surface area (Å²) in [7, 11) is -1.11. The van der Waals surface area contributed by atoms with Gasteiger partial charge in [-0.1, -0.05) is 19.6 Å². The molecule has 0 atom stereocenters. The lowest BCUT2D eigenvalue weighted by Gasteiger charge is -2.58. The summed E-state index contributed by atoms with van der Waals surface area (Å²) >= 11 is 0. The standard InChI is InChI=1S/C22H38N4O4Si/c1-17-18(13-26(25-17)16-28-11-12-31(2,3)4)24-21(19(23)27)14-20(15-21)5-7-22(8-6-20)29-9-10-30-22/h13,24H,5-12,14-16H2,1-4H3,(H2,23,27). The maximum atomic E-state index is 12.5. The molecule has 1 aromatic rings. The number of aryl methyl sites for hydroxylation is 1. The van der Waals surface area contributed by atoms with Crippen LogP contribution in [-0.2, 0) is 25.7 Å². The Bertz CT molecular complexity index is 795. The van der Waals surface area contributed by atoms with Crippen LogP contribution in [0.5, 0.6) is 0 Å². The van der Waals surface area contributed by atoms with Crippen molar-refractivity contribution in [2.45, 2.75) is 89.2 Å². The van der Waals surface area contributed by atoms with E-state index in [0.717, 1.165) is 62.6 Å². The predicted molar refractivity (Wildman–Crippen MR) is 121 cm³/mol. The van der Waals surface area contributed by atoms with Crippen LogP contribution in [0.15, 0.2) is 6.20 Å². The Labute approximate surface area is 186 Å². The molecule has 1 saturated heterocycles. The van der Waals surface area contributed by atoms with Crippen LogP contribution in [-0.4, -0.2) is 54.9 Å². The zero-order valence-corrected chi connectivity index (χ0v) is 20.5. The Morgan fingerprint density at radius 1 is 1.23 bits per heavy atom. The summed E-state index contributed by atoms with van der Waals surface area (Å²) in [5.41, 5.74) is 7.03. The molecule has 2 saturated carbocycles.